The average molecular weight is 1060 g/mol. The number of carboxylic acid groups (broad SMARTS) is 1. The Hall–Kier alpha value is -4.71. The van der Waals surface area contributed by atoms with Gasteiger partial charge in [-0.05, 0) is 149 Å². The highest BCUT2D eigenvalue weighted by atomic mass is 35.5. The van der Waals surface area contributed by atoms with Crippen LogP contribution in [0.3, 0.4) is 0 Å². The monoisotopic (exact) mass is 1060 g/mol. The Kier molecular flexibility index (Phi) is 24.7. The third-order valence-corrected chi connectivity index (χ3v) is 15.5. The van der Waals surface area contributed by atoms with Gasteiger partial charge >= 0.3 is 47.8 Å². The topological polar surface area (TPSA) is 248 Å². The smallest absolute Gasteiger partial charge is 0.344 e. The van der Waals surface area contributed by atoms with Gasteiger partial charge in [-0.15, -0.1) is 23.2 Å². The van der Waals surface area contributed by atoms with Crippen LogP contribution < -0.4 is 0 Å². The lowest BCUT2D eigenvalue weighted by atomic mass is 9.74. The van der Waals surface area contributed by atoms with Crippen LogP contribution in [0.5, 0.6) is 0 Å². The second kappa shape index (κ2) is 28.1. The highest BCUT2D eigenvalue weighted by Crippen LogP contribution is 2.62. The molecule has 0 radical (unpaired) electrons. The Morgan fingerprint density at radius 3 is 1.01 bits per heavy atom. The summed E-state index contributed by atoms with van der Waals surface area (Å²) in [5.41, 5.74) is -0.103. The first kappa shape index (κ1) is 63.4. The van der Waals surface area contributed by atoms with Crippen LogP contribution in [0.25, 0.3) is 0 Å². The molecule has 0 aromatic rings. The SMILES string of the molecule is C=C(C)C(=O)O.C=C(C)C(=O)OCC(=O)OC.CC1(C)OC(=O)C2C3CCC(C3)C21.CC1(C)OC(=O)C2C3CCC(C3)C21.CC1(C)OC(=O)C2C3CCC(C3)C21.COC(=O)CCl.COC(=O)CCl.COC=O. The van der Waals surface area contributed by atoms with Crippen LogP contribution in [-0.4, -0.2) is 123 Å². The fraction of sp³-hybridized carbons (Fsp3) is 0.750. The molecular weight excluding hydrogens is 983 g/mol. The zero-order valence-corrected chi connectivity index (χ0v) is 45.6. The van der Waals surface area contributed by atoms with Crippen LogP contribution in [0.15, 0.2) is 24.3 Å². The van der Waals surface area contributed by atoms with Gasteiger partial charge in [-0.2, -0.15) is 0 Å². The quantitative estimate of drug-likeness (QED) is 0.0854. The van der Waals surface area contributed by atoms with E-state index in [9.17, 15) is 38.4 Å². The minimum absolute atomic E-state index is 0.0590. The number of carboxylic acids is 1. The molecule has 6 aliphatic carbocycles. The van der Waals surface area contributed by atoms with E-state index in [2.05, 4.69) is 78.4 Å². The van der Waals surface area contributed by atoms with E-state index in [1.165, 1.54) is 100 Å². The number of aliphatic carboxylic acids is 1. The number of carbonyl (C=O) groups excluding carboxylic acids is 8. The molecule has 3 saturated heterocycles. The summed E-state index contributed by atoms with van der Waals surface area (Å²) in [6, 6.07) is 0. The first-order valence-corrected chi connectivity index (χ1v) is 25.3. The molecule has 6 saturated carbocycles. The molecule has 9 aliphatic rings. The number of methoxy groups -OCH3 is 4. The summed E-state index contributed by atoms with van der Waals surface area (Å²) in [7, 11) is 5.12. The van der Waals surface area contributed by atoms with Crippen molar-refractivity contribution in [3.63, 3.8) is 0 Å². The van der Waals surface area contributed by atoms with E-state index in [0.29, 0.717) is 42.0 Å². The second-order valence-corrected chi connectivity index (χ2v) is 21.5. The normalized spacial score (nSPS) is 31.0. The van der Waals surface area contributed by atoms with Gasteiger partial charge in [0.15, 0.2) is 6.61 Å². The summed E-state index contributed by atoms with van der Waals surface area (Å²) in [6.45, 7) is 21.9. The average Bonchev–Trinajstić information content (AvgIpc) is 4.22. The van der Waals surface area contributed by atoms with Gasteiger partial charge in [0, 0.05) is 28.9 Å². The van der Waals surface area contributed by atoms with Crippen molar-refractivity contribution in [3.8, 4) is 0 Å². The highest BCUT2D eigenvalue weighted by Gasteiger charge is 2.64. The van der Waals surface area contributed by atoms with Crippen LogP contribution >= 0.6 is 23.2 Å². The number of fused-ring (bicyclic) bond motifs is 15. The van der Waals surface area contributed by atoms with Gasteiger partial charge in [0.1, 0.15) is 28.6 Å². The molecule has 0 aromatic carbocycles. The maximum Gasteiger partial charge on any atom is 0.344 e. The lowest BCUT2D eigenvalue weighted by Crippen LogP contribution is -2.33. The fourth-order valence-corrected chi connectivity index (χ4v) is 12.7. The summed E-state index contributed by atoms with van der Waals surface area (Å²) < 4.78 is 37.2. The molecule has 18 nitrogen and oxygen atoms in total. The fourth-order valence-electron chi connectivity index (χ4n) is 12.5. The van der Waals surface area contributed by atoms with Crippen molar-refractivity contribution < 1.29 is 86.2 Å². The van der Waals surface area contributed by atoms with Gasteiger partial charge < -0.3 is 43.0 Å². The van der Waals surface area contributed by atoms with Crippen LogP contribution in [0.1, 0.15) is 113 Å². The third-order valence-electron chi connectivity index (χ3n) is 15.1. The summed E-state index contributed by atoms with van der Waals surface area (Å²) >= 11 is 9.96. The summed E-state index contributed by atoms with van der Waals surface area (Å²) in [6.07, 6.45) is 11.6. The Morgan fingerprint density at radius 1 is 0.569 bits per heavy atom. The predicted molar refractivity (Wildman–Crippen MR) is 263 cm³/mol. The first-order chi connectivity index (χ1) is 33.5. The Labute approximate surface area is 434 Å². The molecule has 6 bridgehead atoms. The molecule has 408 valence electrons. The van der Waals surface area contributed by atoms with E-state index >= 15 is 0 Å². The zero-order chi connectivity index (χ0) is 55.1. The predicted octanol–water partition coefficient (Wildman–Crippen LogP) is 7.46. The number of hydrogen-bond donors (Lipinski definition) is 1. The number of hydrogen-bond acceptors (Lipinski definition) is 17. The molecule has 3 aliphatic heterocycles. The minimum atomic E-state index is -0.935. The molecule has 3 heterocycles. The van der Waals surface area contributed by atoms with Gasteiger partial charge in [0.2, 0.25) is 0 Å². The highest BCUT2D eigenvalue weighted by molar-refractivity contribution is 6.26. The van der Waals surface area contributed by atoms with Gasteiger partial charge in [-0.3, -0.25) is 28.8 Å². The van der Waals surface area contributed by atoms with Crippen LogP contribution in [0.4, 0.5) is 0 Å². The van der Waals surface area contributed by atoms with Gasteiger partial charge in [-0.25, -0.2) is 14.4 Å². The number of halogens is 2. The largest absolute Gasteiger partial charge is 0.478 e. The van der Waals surface area contributed by atoms with Crippen molar-refractivity contribution in [2.75, 3.05) is 46.8 Å². The lowest BCUT2D eigenvalue weighted by molar-refractivity contribution is -0.154. The van der Waals surface area contributed by atoms with Crippen LogP contribution in [0.2, 0.25) is 0 Å². The molecule has 0 amide bonds. The molecule has 9 fully saturated rings. The number of alkyl halides is 2. The summed E-state index contributed by atoms with van der Waals surface area (Å²) in [5, 5.41) is 7.89. The van der Waals surface area contributed by atoms with E-state index in [1.54, 1.807) is 0 Å². The van der Waals surface area contributed by atoms with Gasteiger partial charge in [-0.1, -0.05) is 13.2 Å². The van der Waals surface area contributed by atoms with Crippen molar-refractivity contribution >= 4 is 77.4 Å². The van der Waals surface area contributed by atoms with E-state index in [-0.39, 0.29) is 82.0 Å². The van der Waals surface area contributed by atoms with Crippen molar-refractivity contribution in [2.24, 2.45) is 71.0 Å². The van der Waals surface area contributed by atoms with Crippen molar-refractivity contribution in [1.29, 1.82) is 0 Å². The van der Waals surface area contributed by atoms with E-state index in [0.717, 1.165) is 17.8 Å². The molecule has 1 N–H and O–H groups in total. The number of rotatable bonds is 7. The number of cyclic esters (lactones) is 3. The summed E-state index contributed by atoms with van der Waals surface area (Å²) in [4.78, 5) is 94.2. The molecule has 9 rings (SSSR count). The molecule has 0 spiro atoms. The Bertz CT molecular complexity index is 1790. The van der Waals surface area contributed by atoms with Crippen molar-refractivity contribution in [3.05, 3.63) is 24.3 Å². The number of esters is 7. The standard InChI is InChI=1S/3C11H16O2.C7H10O4.C4H6O2.2C3H5ClO2.C2H4O2/c3*1-11(2)9-7-4-3-6(5-7)8(9)10(12)13-11;1-5(2)7(9)11-4-6(8)10-3;1-3(2)4(5)6;2*1-6-3(5)2-4;1-4-2-3/h3*6-9H,3-5H2,1-2H3;1,4H2,2-3H3;1H2,2H3,(H,5,6);2*2H2,1H3;2H,1H3. The van der Waals surface area contributed by atoms with Crippen LogP contribution in [-0.2, 0) is 81.0 Å². The zero-order valence-electron chi connectivity index (χ0n) is 44.0. The molecular formula is C52H78Cl2O18. The maximum absolute atomic E-state index is 11.6. The Balaban J connectivity index is 0.000000292. The van der Waals surface area contributed by atoms with Gasteiger partial charge in [0.25, 0.3) is 6.47 Å². The Morgan fingerprint density at radius 2 is 0.833 bits per heavy atom. The number of ether oxygens (including phenoxy) is 8. The minimum Gasteiger partial charge on any atom is -0.478 e. The van der Waals surface area contributed by atoms with E-state index in [1.807, 2.05) is 0 Å². The molecule has 12 atom stereocenters. The third kappa shape index (κ3) is 16.7. The van der Waals surface area contributed by atoms with Gasteiger partial charge in [0.05, 0.1) is 46.2 Å². The molecule has 12 unspecified atom stereocenters. The number of carbonyl (C=O) groups is 9. The van der Waals surface area contributed by atoms with Crippen molar-refractivity contribution in [1.82, 2.24) is 0 Å². The van der Waals surface area contributed by atoms with Crippen LogP contribution in [0, 0.1) is 71.0 Å². The van der Waals surface area contributed by atoms with E-state index < -0.39 is 29.8 Å². The second-order valence-electron chi connectivity index (χ2n) is 21.0. The van der Waals surface area contributed by atoms with E-state index in [4.69, 9.17) is 47.3 Å². The summed E-state index contributed by atoms with van der Waals surface area (Å²) in [5.74, 6) is 3.90. The first-order valence-electron chi connectivity index (χ1n) is 24.2. The maximum atomic E-state index is 11.6. The molecule has 72 heavy (non-hydrogen) atoms. The molecule has 20 heteroatoms. The van der Waals surface area contributed by atoms with Crippen molar-refractivity contribution in [2.45, 2.75) is 130 Å². The molecule has 0 aromatic heterocycles. The lowest BCUT2D eigenvalue weighted by Gasteiger charge is -2.30.